The number of rotatable bonds is 3. The summed E-state index contributed by atoms with van der Waals surface area (Å²) in [6.07, 6.45) is 8.86. The molecule has 2 rings (SSSR count). The predicted octanol–water partition coefficient (Wildman–Crippen LogP) is 5.10. The van der Waals surface area contributed by atoms with Gasteiger partial charge in [-0.05, 0) is 36.5 Å². The molecule has 1 saturated carbocycles. The van der Waals surface area contributed by atoms with Crippen molar-refractivity contribution in [3.8, 4) is 0 Å². The highest BCUT2D eigenvalue weighted by Gasteiger charge is 2.14. The number of benzene rings is 1. The molecule has 1 aromatic carbocycles. The molecule has 0 radical (unpaired) electrons. The Labute approximate surface area is 105 Å². The van der Waals surface area contributed by atoms with Crippen LogP contribution < -0.4 is 0 Å². The van der Waals surface area contributed by atoms with Gasteiger partial charge in [0.25, 0.3) is 0 Å². The zero-order chi connectivity index (χ0) is 11.4. The van der Waals surface area contributed by atoms with Gasteiger partial charge in [-0.25, -0.2) is 4.39 Å². The third-order valence-corrected chi connectivity index (χ3v) is 4.06. The molecule has 0 N–H and O–H groups in total. The molecule has 1 aliphatic rings. The SMILES string of the molecule is Fc1cc(Br)ccc1CCC1CCCCC1. The topological polar surface area (TPSA) is 0 Å². The molecular weight excluding hydrogens is 267 g/mol. The van der Waals surface area contributed by atoms with Gasteiger partial charge in [-0.15, -0.1) is 0 Å². The summed E-state index contributed by atoms with van der Waals surface area (Å²) >= 11 is 3.28. The Bertz CT molecular complexity index is 343. The van der Waals surface area contributed by atoms with Gasteiger partial charge >= 0.3 is 0 Å². The minimum Gasteiger partial charge on any atom is -0.207 e. The second kappa shape index (κ2) is 5.81. The van der Waals surface area contributed by atoms with Gasteiger partial charge in [0.05, 0.1) is 0 Å². The van der Waals surface area contributed by atoms with E-state index < -0.39 is 0 Å². The lowest BCUT2D eigenvalue weighted by molar-refractivity contribution is 0.338. The summed E-state index contributed by atoms with van der Waals surface area (Å²) in [6, 6.07) is 5.40. The van der Waals surface area contributed by atoms with Gasteiger partial charge in [-0.1, -0.05) is 54.1 Å². The monoisotopic (exact) mass is 284 g/mol. The van der Waals surface area contributed by atoms with Gasteiger partial charge in [0.15, 0.2) is 0 Å². The summed E-state index contributed by atoms with van der Waals surface area (Å²) in [4.78, 5) is 0. The summed E-state index contributed by atoms with van der Waals surface area (Å²) in [6.45, 7) is 0. The molecule has 0 bridgehead atoms. The second-order valence-electron chi connectivity index (χ2n) is 4.78. The quantitative estimate of drug-likeness (QED) is 0.724. The molecule has 0 aliphatic heterocycles. The largest absolute Gasteiger partial charge is 0.207 e. The molecular formula is C14H18BrF. The van der Waals surface area contributed by atoms with Crippen LogP contribution in [0.25, 0.3) is 0 Å². The van der Waals surface area contributed by atoms with Crippen LogP contribution in [-0.4, -0.2) is 0 Å². The lowest BCUT2D eigenvalue weighted by Gasteiger charge is -2.21. The first-order valence-corrected chi connectivity index (χ1v) is 6.99. The van der Waals surface area contributed by atoms with Crippen molar-refractivity contribution in [3.05, 3.63) is 34.1 Å². The van der Waals surface area contributed by atoms with Crippen molar-refractivity contribution in [3.63, 3.8) is 0 Å². The first kappa shape index (κ1) is 12.1. The summed E-state index contributed by atoms with van der Waals surface area (Å²) < 4.78 is 14.4. The number of halogens is 2. The Morgan fingerprint density at radius 1 is 1.19 bits per heavy atom. The average molecular weight is 285 g/mol. The van der Waals surface area contributed by atoms with Crippen LogP contribution in [0, 0.1) is 11.7 Å². The fraction of sp³-hybridized carbons (Fsp3) is 0.571. The van der Waals surface area contributed by atoms with E-state index in [9.17, 15) is 4.39 Å². The average Bonchev–Trinajstić information content (AvgIpc) is 2.29. The molecule has 0 heterocycles. The molecule has 88 valence electrons. The maximum atomic E-state index is 13.6. The van der Waals surface area contributed by atoms with Gasteiger partial charge < -0.3 is 0 Å². The molecule has 1 aromatic rings. The van der Waals surface area contributed by atoms with E-state index in [1.807, 2.05) is 12.1 Å². The number of hydrogen-bond acceptors (Lipinski definition) is 0. The lowest BCUT2D eigenvalue weighted by atomic mass is 9.85. The minimum atomic E-state index is -0.0646. The van der Waals surface area contributed by atoms with Crippen LogP contribution in [0.5, 0.6) is 0 Å². The van der Waals surface area contributed by atoms with Crippen molar-refractivity contribution in [2.45, 2.75) is 44.9 Å². The molecule has 2 heteroatoms. The van der Waals surface area contributed by atoms with E-state index >= 15 is 0 Å². The molecule has 0 aromatic heterocycles. The molecule has 0 nitrogen and oxygen atoms in total. The van der Waals surface area contributed by atoms with E-state index in [1.165, 1.54) is 32.1 Å². The van der Waals surface area contributed by atoms with E-state index in [2.05, 4.69) is 15.9 Å². The van der Waals surface area contributed by atoms with Crippen molar-refractivity contribution in [2.24, 2.45) is 5.92 Å². The fourth-order valence-corrected chi connectivity index (χ4v) is 2.89. The molecule has 1 aliphatic carbocycles. The zero-order valence-electron chi connectivity index (χ0n) is 9.52. The summed E-state index contributed by atoms with van der Waals surface area (Å²) in [5, 5.41) is 0. The van der Waals surface area contributed by atoms with E-state index in [0.717, 1.165) is 28.8 Å². The second-order valence-corrected chi connectivity index (χ2v) is 5.69. The summed E-state index contributed by atoms with van der Waals surface area (Å²) in [7, 11) is 0. The van der Waals surface area contributed by atoms with Crippen LogP contribution in [0.3, 0.4) is 0 Å². The highest BCUT2D eigenvalue weighted by molar-refractivity contribution is 9.10. The normalized spacial score (nSPS) is 17.6. The summed E-state index contributed by atoms with van der Waals surface area (Å²) in [5.41, 5.74) is 0.869. The van der Waals surface area contributed by atoms with Crippen molar-refractivity contribution in [1.82, 2.24) is 0 Å². The highest BCUT2D eigenvalue weighted by Crippen LogP contribution is 2.28. The molecule has 0 saturated heterocycles. The Morgan fingerprint density at radius 2 is 1.94 bits per heavy atom. The molecule has 0 atom stereocenters. The number of aryl methyl sites for hydroxylation is 1. The fourth-order valence-electron chi connectivity index (χ4n) is 2.56. The first-order chi connectivity index (χ1) is 7.75. The molecule has 0 amide bonds. The van der Waals surface area contributed by atoms with E-state index in [4.69, 9.17) is 0 Å². The van der Waals surface area contributed by atoms with Gasteiger partial charge in [0, 0.05) is 4.47 Å². The first-order valence-electron chi connectivity index (χ1n) is 6.19. The Hall–Kier alpha value is -0.370. The Balaban J connectivity index is 1.88. The van der Waals surface area contributed by atoms with Gasteiger partial charge in [0.1, 0.15) is 5.82 Å². The van der Waals surface area contributed by atoms with Crippen molar-refractivity contribution < 1.29 is 4.39 Å². The predicted molar refractivity (Wildman–Crippen MR) is 69.0 cm³/mol. The molecule has 16 heavy (non-hydrogen) atoms. The van der Waals surface area contributed by atoms with Crippen LogP contribution in [0.4, 0.5) is 4.39 Å². The van der Waals surface area contributed by atoms with E-state index in [-0.39, 0.29) is 5.82 Å². The smallest absolute Gasteiger partial charge is 0.127 e. The minimum absolute atomic E-state index is 0.0646. The summed E-state index contributed by atoms with van der Waals surface area (Å²) in [5.74, 6) is 0.766. The van der Waals surface area contributed by atoms with Gasteiger partial charge in [-0.3, -0.25) is 0 Å². The number of hydrogen-bond donors (Lipinski definition) is 0. The van der Waals surface area contributed by atoms with Crippen molar-refractivity contribution >= 4 is 15.9 Å². The Morgan fingerprint density at radius 3 is 2.62 bits per heavy atom. The van der Waals surface area contributed by atoms with Crippen LogP contribution >= 0.6 is 15.9 Å². The molecule has 1 fully saturated rings. The van der Waals surface area contributed by atoms with E-state index in [1.54, 1.807) is 6.07 Å². The van der Waals surface area contributed by atoms with Crippen LogP contribution in [0.15, 0.2) is 22.7 Å². The lowest BCUT2D eigenvalue weighted by Crippen LogP contribution is -2.07. The van der Waals surface area contributed by atoms with Crippen LogP contribution in [0.2, 0.25) is 0 Å². The standard InChI is InChI=1S/C14H18BrF/c15-13-9-8-12(14(16)10-13)7-6-11-4-2-1-3-5-11/h8-11H,1-7H2. The van der Waals surface area contributed by atoms with Crippen LogP contribution in [-0.2, 0) is 6.42 Å². The highest BCUT2D eigenvalue weighted by atomic mass is 79.9. The molecule has 0 spiro atoms. The molecule has 0 unspecified atom stereocenters. The third-order valence-electron chi connectivity index (χ3n) is 3.56. The Kier molecular flexibility index (Phi) is 4.39. The van der Waals surface area contributed by atoms with Crippen LogP contribution in [0.1, 0.15) is 44.1 Å². The third kappa shape index (κ3) is 3.31. The maximum Gasteiger partial charge on any atom is 0.127 e. The van der Waals surface area contributed by atoms with Crippen molar-refractivity contribution in [2.75, 3.05) is 0 Å². The van der Waals surface area contributed by atoms with Gasteiger partial charge in [0.2, 0.25) is 0 Å². The van der Waals surface area contributed by atoms with Crippen molar-refractivity contribution in [1.29, 1.82) is 0 Å². The van der Waals surface area contributed by atoms with E-state index in [0.29, 0.717) is 0 Å². The maximum absolute atomic E-state index is 13.6. The van der Waals surface area contributed by atoms with Gasteiger partial charge in [-0.2, -0.15) is 0 Å². The zero-order valence-corrected chi connectivity index (χ0v) is 11.1.